The van der Waals surface area contributed by atoms with Crippen molar-refractivity contribution in [3.63, 3.8) is 0 Å². The van der Waals surface area contributed by atoms with Gasteiger partial charge in [-0.3, -0.25) is 9.88 Å². The van der Waals surface area contributed by atoms with Crippen molar-refractivity contribution in [2.75, 3.05) is 44.7 Å². The van der Waals surface area contributed by atoms with Crippen molar-refractivity contribution in [2.45, 2.75) is 38.8 Å². The first-order valence-corrected chi connectivity index (χ1v) is 9.83. The van der Waals surface area contributed by atoms with Gasteiger partial charge in [-0.05, 0) is 45.0 Å². The van der Waals surface area contributed by atoms with E-state index in [9.17, 15) is 0 Å². The van der Waals surface area contributed by atoms with Gasteiger partial charge in [-0.1, -0.05) is 12.5 Å². The molecule has 4 rings (SSSR count). The van der Waals surface area contributed by atoms with Crippen LogP contribution in [-0.2, 0) is 6.54 Å². The van der Waals surface area contributed by atoms with Gasteiger partial charge >= 0.3 is 0 Å². The number of anilines is 1. The fourth-order valence-electron chi connectivity index (χ4n) is 4.17. The normalized spacial score (nSPS) is 22.7. The molecule has 1 atom stereocenters. The van der Waals surface area contributed by atoms with E-state index < -0.39 is 0 Å². The Hall–Kier alpha value is -1.92. The molecule has 26 heavy (non-hydrogen) atoms. The first kappa shape index (κ1) is 17.5. The SMILES string of the molecule is Cc1cccnc1C1CCCCN1Cc1ncc(N2CCN(C)CC2)[nH]1. The van der Waals surface area contributed by atoms with Crippen molar-refractivity contribution in [1.82, 2.24) is 24.8 Å². The number of rotatable bonds is 4. The minimum absolute atomic E-state index is 0.405. The zero-order valence-electron chi connectivity index (χ0n) is 16.0. The number of aromatic amines is 1. The van der Waals surface area contributed by atoms with Crippen molar-refractivity contribution in [2.24, 2.45) is 0 Å². The van der Waals surface area contributed by atoms with Crippen LogP contribution in [0.1, 0.15) is 42.4 Å². The first-order chi connectivity index (χ1) is 12.7. The Balaban J connectivity index is 1.46. The Kier molecular flexibility index (Phi) is 5.22. The Morgan fingerprint density at radius 2 is 1.96 bits per heavy atom. The number of nitrogens with zero attached hydrogens (tertiary/aromatic N) is 5. The molecule has 0 aliphatic carbocycles. The van der Waals surface area contributed by atoms with Crippen molar-refractivity contribution < 1.29 is 0 Å². The molecule has 2 aliphatic rings. The second-order valence-electron chi connectivity index (χ2n) is 7.69. The summed E-state index contributed by atoms with van der Waals surface area (Å²) in [4.78, 5) is 20.3. The van der Waals surface area contributed by atoms with E-state index in [1.807, 2.05) is 18.5 Å². The molecule has 2 aromatic rings. The summed E-state index contributed by atoms with van der Waals surface area (Å²) in [5.41, 5.74) is 2.53. The van der Waals surface area contributed by atoms with Crippen LogP contribution in [0.4, 0.5) is 5.82 Å². The molecule has 6 heteroatoms. The number of H-pyrrole nitrogens is 1. The molecule has 140 valence electrons. The van der Waals surface area contributed by atoms with Gasteiger partial charge in [-0.25, -0.2) is 4.98 Å². The topological polar surface area (TPSA) is 51.3 Å². The van der Waals surface area contributed by atoms with E-state index in [0.717, 1.165) is 50.9 Å². The lowest BCUT2D eigenvalue weighted by molar-refractivity contribution is 0.133. The number of pyridine rings is 1. The molecule has 0 bridgehead atoms. The number of aryl methyl sites for hydroxylation is 1. The third kappa shape index (κ3) is 3.76. The minimum atomic E-state index is 0.405. The number of hydrogen-bond donors (Lipinski definition) is 1. The summed E-state index contributed by atoms with van der Waals surface area (Å²) in [5, 5.41) is 0. The van der Waals surface area contributed by atoms with Crippen LogP contribution in [0.2, 0.25) is 0 Å². The lowest BCUT2D eigenvalue weighted by Crippen LogP contribution is -2.44. The highest BCUT2D eigenvalue weighted by Crippen LogP contribution is 2.32. The molecule has 0 spiro atoms. The fourth-order valence-corrected chi connectivity index (χ4v) is 4.17. The molecule has 1 unspecified atom stereocenters. The maximum absolute atomic E-state index is 4.69. The summed E-state index contributed by atoms with van der Waals surface area (Å²) < 4.78 is 0. The highest BCUT2D eigenvalue weighted by molar-refractivity contribution is 5.37. The van der Waals surface area contributed by atoms with Crippen LogP contribution in [0.5, 0.6) is 0 Å². The fraction of sp³-hybridized carbons (Fsp3) is 0.600. The molecule has 0 radical (unpaired) electrons. The summed E-state index contributed by atoms with van der Waals surface area (Å²) in [6.07, 6.45) is 7.65. The molecule has 0 saturated carbocycles. The average molecular weight is 355 g/mol. The van der Waals surface area contributed by atoms with Crippen LogP contribution in [0.3, 0.4) is 0 Å². The number of nitrogens with one attached hydrogen (secondary N) is 1. The molecular weight excluding hydrogens is 324 g/mol. The van der Waals surface area contributed by atoms with Gasteiger partial charge in [0.15, 0.2) is 0 Å². The van der Waals surface area contributed by atoms with E-state index >= 15 is 0 Å². The maximum Gasteiger partial charge on any atom is 0.126 e. The van der Waals surface area contributed by atoms with Crippen molar-refractivity contribution in [3.05, 3.63) is 41.6 Å². The number of likely N-dealkylation sites (N-methyl/N-ethyl adjacent to an activating group) is 1. The van der Waals surface area contributed by atoms with Crippen LogP contribution in [0.25, 0.3) is 0 Å². The van der Waals surface area contributed by atoms with E-state index in [0.29, 0.717) is 6.04 Å². The second-order valence-corrected chi connectivity index (χ2v) is 7.69. The monoisotopic (exact) mass is 354 g/mol. The van der Waals surface area contributed by atoms with E-state index in [1.54, 1.807) is 0 Å². The second kappa shape index (κ2) is 7.76. The predicted octanol–water partition coefficient (Wildman–Crippen LogP) is 2.59. The van der Waals surface area contributed by atoms with E-state index in [-0.39, 0.29) is 0 Å². The van der Waals surface area contributed by atoms with E-state index in [4.69, 9.17) is 4.98 Å². The van der Waals surface area contributed by atoms with Gasteiger partial charge in [-0.15, -0.1) is 0 Å². The smallest absolute Gasteiger partial charge is 0.126 e. The molecule has 2 aliphatic heterocycles. The van der Waals surface area contributed by atoms with Crippen LogP contribution in [0, 0.1) is 6.92 Å². The first-order valence-electron chi connectivity index (χ1n) is 9.83. The van der Waals surface area contributed by atoms with Gasteiger partial charge in [0.1, 0.15) is 11.6 Å². The number of aromatic nitrogens is 3. The summed E-state index contributed by atoms with van der Waals surface area (Å²) >= 11 is 0. The van der Waals surface area contributed by atoms with Crippen LogP contribution in [-0.4, -0.2) is 64.5 Å². The minimum Gasteiger partial charge on any atom is -0.354 e. The van der Waals surface area contributed by atoms with Gasteiger partial charge in [0.05, 0.1) is 24.5 Å². The number of hydrogen-bond acceptors (Lipinski definition) is 5. The summed E-state index contributed by atoms with van der Waals surface area (Å²) in [6, 6.07) is 4.61. The lowest BCUT2D eigenvalue weighted by atomic mass is 9.96. The molecule has 0 amide bonds. The molecule has 4 heterocycles. The average Bonchev–Trinajstić information content (AvgIpc) is 3.12. The zero-order chi connectivity index (χ0) is 17.9. The van der Waals surface area contributed by atoms with Crippen LogP contribution >= 0.6 is 0 Å². The standard InChI is InChI=1S/C20H30N6/c1-16-6-5-8-21-20(16)17-7-3-4-9-26(17)15-18-22-14-19(23-18)25-12-10-24(2)11-13-25/h5-6,8,14,17H,3-4,7,9-13,15H2,1-2H3,(H,22,23). The lowest BCUT2D eigenvalue weighted by Gasteiger charge is -2.35. The third-order valence-corrected chi connectivity index (χ3v) is 5.79. The molecule has 2 fully saturated rings. The Bertz CT molecular complexity index is 719. The molecule has 6 nitrogen and oxygen atoms in total. The highest BCUT2D eigenvalue weighted by atomic mass is 15.3. The van der Waals surface area contributed by atoms with E-state index in [1.165, 1.54) is 30.5 Å². The molecule has 1 N–H and O–H groups in total. The Morgan fingerprint density at radius 3 is 2.77 bits per heavy atom. The molecule has 2 aromatic heterocycles. The van der Waals surface area contributed by atoms with Gasteiger partial charge in [0.2, 0.25) is 0 Å². The predicted molar refractivity (Wildman–Crippen MR) is 104 cm³/mol. The molecular formula is C20H30N6. The van der Waals surface area contributed by atoms with Crippen LogP contribution in [0.15, 0.2) is 24.5 Å². The summed E-state index contributed by atoms with van der Waals surface area (Å²) in [6.45, 7) is 8.52. The van der Waals surface area contributed by atoms with Crippen LogP contribution < -0.4 is 4.90 Å². The largest absolute Gasteiger partial charge is 0.354 e. The quantitative estimate of drug-likeness (QED) is 0.915. The summed E-state index contributed by atoms with van der Waals surface area (Å²) in [5.74, 6) is 2.23. The van der Waals surface area contributed by atoms with Gasteiger partial charge in [0.25, 0.3) is 0 Å². The van der Waals surface area contributed by atoms with Crippen molar-refractivity contribution >= 4 is 5.82 Å². The number of piperidine rings is 1. The van der Waals surface area contributed by atoms with Crippen molar-refractivity contribution in [1.29, 1.82) is 0 Å². The maximum atomic E-state index is 4.69. The van der Waals surface area contributed by atoms with Gasteiger partial charge < -0.3 is 14.8 Å². The van der Waals surface area contributed by atoms with Gasteiger partial charge in [-0.2, -0.15) is 0 Å². The Morgan fingerprint density at radius 1 is 1.12 bits per heavy atom. The number of likely N-dealkylation sites (tertiary alicyclic amines) is 1. The number of piperazine rings is 1. The van der Waals surface area contributed by atoms with Gasteiger partial charge in [0, 0.05) is 32.4 Å². The molecule has 0 aromatic carbocycles. The zero-order valence-corrected chi connectivity index (χ0v) is 16.0. The third-order valence-electron chi connectivity index (χ3n) is 5.79. The Labute approximate surface area is 156 Å². The highest BCUT2D eigenvalue weighted by Gasteiger charge is 2.27. The summed E-state index contributed by atoms with van der Waals surface area (Å²) in [7, 11) is 2.19. The van der Waals surface area contributed by atoms with Crippen molar-refractivity contribution in [3.8, 4) is 0 Å². The number of imidazole rings is 1. The molecule has 2 saturated heterocycles. The van der Waals surface area contributed by atoms with E-state index in [2.05, 4.69) is 44.7 Å².